The number of guanidine groups is 1. The number of alkyl halides is 3. The average molecular weight is 570 g/mol. The van der Waals surface area contributed by atoms with Crippen LogP contribution in [0.15, 0.2) is 50.7 Å². The molecule has 164 valence electrons. The molecule has 0 aliphatic heterocycles. The standard InChI is InChI=1S/C19H21F3N4OS2.HI/c20-19(21,22)16-13-29-17(26-16)7-10-25-18(23-8-5-14-3-1-11-27-14)24-9-6-15-4-2-12-28-15;/h1-4,11-13H,5-10H2,(H2,23,24,25);1H. The van der Waals surface area contributed by atoms with Crippen LogP contribution in [-0.4, -0.2) is 30.6 Å². The van der Waals surface area contributed by atoms with Crippen LogP contribution in [0.25, 0.3) is 0 Å². The van der Waals surface area contributed by atoms with E-state index in [0.717, 1.165) is 28.9 Å². The van der Waals surface area contributed by atoms with E-state index >= 15 is 0 Å². The van der Waals surface area contributed by atoms with E-state index < -0.39 is 11.9 Å². The SMILES string of the molecule is FC(F)(F)c1csc(CCN=C(NCCc2ccco2)NCCc2cccs2)n1.I. The zero-order valence-electron chi connectivity index (χ0n) is 15.9. The van der Waals surface area contributed by atoms with Crippen molar-refractivity contribution in [2.75, 3.05) is 19.6 Å². The molecule has 3 aromatic rings. The Balaban J connectivity index is 0.00000320. The molecule has 0 spiro atoms. The molecular weight excluding hydrogens is 548 g/mol. The maximum atomic E-state index is 12.7. The topological polar surface area (TPSA) is 62.5 Å². The van der Waals surface area contributed by atoms with Gasteiger partial charge in [0.15, 0.2) is 11.7 Å². The average Bonchev–Trinajstić information content (AvgIpc) is 3.43. The fourth-order valence-electron chi connectivity index (χ4n) is 2.51. The molecule has 0 saturated carbocycles. The molecule has 0 saturated heterocycles. The molecule has 0 amide bonds. The van der Waals surface area contributed by atoms with Crippen LogP contribution in [0.2, 0.25) is 0 Å². The third-order valence-electron chi connectivity index (χ3n) is 3.93. The number of thiazole rings is 1. The molecule has 0 radical (unpaired) electrons. The first-order valence-corrected chi connectivity index (χ1v) is 10.8. The second kappa shape index (κ2) is 12.3. The molecule has 5 nitrogen and oxygen atoms in total. The maximum absolute atomic E-state index is 12.7. The number of nitrogens with one attached hydrogen (secondary N) is 2. The highest BCUT2D eigenvalue weighted by molar-refractivity contribution is 14.0. The van der Waals surface area contributed by atoms with Gasteiger partial charge in [-0.05, 0) is 30.0 Å². The predicted molar refractivity (Wildman–Crippen MR) is 125 cm³/mol. The first-order valence-electron chi connectivity index (χ1n) is 9.09. The van der Waals surface area contributed by atoms with Crippen LogP contribution in [0.1, 0.15) is 21.3 Å². The summed E-state index contributed by atoms with van der Waals surface area (Å²) in [6.07, 6.45) is -0.832. The van der Waals surface area contributed by atoms with Crippen molar-refractivity contribution in [1.82, 2.24) is 15.6 Å². The summed E-state index contributed by atoms with van der Waals surface area (Å²) in [6.45, 7) is 1.69. The Kier molecular flexibility index (Phi) is 10.1. The largest absolute Gasteiger partial charge is 0.469 e. The van der Waals surface area contributed by atoms with Crippen LogP contribution in [0, 0.1) is 0 Å². The number of aliphatic imine (C=N–C) groups is 1. The van der Waals surface area contributed by atoms with Crippen LogP contribution in [0.3, 0.4) is 0 Å². The molecule has 0 atom stereocenters. The number of halogens is 4. The van der Waals surface area contributed by atoms with Gasteiger partial charge in [-0.3, -0.25) is 4.99 Å². The molecule has 3 heterocycles. The molecule has 0 unspecified atom stereocenters. The van der Waals surface area contributed by atoms with Gasteiger partial charge in [0.05, 0.1) is 11.3 Å². The number of thiophene rings is 1. The van der Waals surface area contributed by atoms with Gasteiger partial charge in [0.25, 0.3) is 0 Å². The van der Waals surface area contributed by atoms with E-state index in [2.05, 4.69) is 26.7 Å². The minimum absolute atomic E-state index is 0. The molecule has 0 aliphatic rings. The van der Waals surface area contributed by atoms with Crippen molar-refractivity contribution < 1.29 is 17.6 Å². The summed E-state index contributed by atoms with van der Waals surface area (Å²) in [5.41, 5.74) is -0.840. The molecule has 3 rings (SSSR count). The van der Waals surface area contributed by atoms with E-state index in [1.54, 1.807) is 17.6 Å². The predicted octanol–water partition coefficient (Wildman–Crippen LogP) is 5.00. The van der Waals surface area contributed by atoms with Crippen LogP contribution in [0.5, 0.6) is 0 Å². The Morgan fingerprint density at radius 3 is 2.50 bits per heavy atom. The van der Waals surface area contributed by atoms with Crippen molar-refractivity contribution >= 4 is 52.6 Å². The van der Waals surface area contributed by atoms with E-state index in [1.165, 1.54) is 4.88 Å². The summed E-state index contributed by atoms with van der Waals surface area (Å²) in [5.74, 6) is 1.50. The van der Waals surface area contributed by atoms with Gasteiger partial charge in [0, 0.05) is 42.7 Å². The minimum atomic E-state index is -4.40. The fourth-order valence-corrected chi connectivity index (χ4v) is 4.01. The Morgan fingerprint density at radius 1 is 1.07 bits per heavy atom. The number of aromatic nitrogens is 1. The molecule has 11 heteroatoms. The zero-order chi connectivity index (χ0) is 20.5. The van der Waals surface area contributed by atoms with Gasteiger partial charge >= 0.3 is 6.18 Å². The molecule has 0 aliphatic carbocycles. The van der Waals surface area contributed by atoms with Gasteiger partial charge < -0.3 is 15.1 Å². The molecular formula is C19H22F3IN4OS2. The van der Waals surface area contributed by atoms with E-state index in [1.807, 2.05) is 23.6 Å². The van der Waals surface area contributed by atoms with Crippen LogP contribution >= 0.6 is 46.7 Å². The second-order valence-electron chi connectivity index (χ2n) is 6.12. The normalized spacial score (nSPS) is 11.9. The summed E-state index contributed by atoms with van der Waals surface area (Å²) in [5, 5.41) is 10.0. The first kappa shape index (κ1) is 24.7. The number of rotatable bonds is 9. The van der Waals surface area contributed by atoms with Crippen molar-refractivity contribution in [3.63, 3.8) is 0 Å². The highest BCUT2D eigenvalue weighted by Crippen LogP contribution is 2.30. The minimum Gasteiger partial charge on any atom is -0.469 e. The first-order chi connectivity index (χ1) is 14.0. The quantitative estimate of drug-likeness (QED) is 0.216. The fraction of sp³-hybridized carbons (Fsp3) is 0.368. The smallest absolute Gasteiger partial charge is 0.434 e. The Bertz CT molecular complexity index is 838. The number of hydrogen-bond donors (Lipinski definition) is 2. The number of nitrogens with zero attached hydrogens (tertiary/aromatic N) is 2. The Hall–Kier alpha value is -1.60. The van der Waals surface area contributed by atoms with Gasteiger partial charge in [-0.2, -0.15) is 13.2 Å². The van der Waals surface area contributed by atoms with Crippen molar-refractivity contribution in [2.45, 2.75) is 25.4 Å². The summed E-state index contributed by atoms with van der Waals surface area (Å²) in [4.78, 5) is 9.40. The number of hydrogen-bond acceptors (Lipinski definition) is 5. The molecule has 0 bridgehead atoms. The van der Waals surface area contributed by atoms with E-state index in [-0.39, 0.29) is 24.0 Å². The van der Waals surface area contributed by atoms with E-state index in [0.29, 0.717) is 43.4 Å². The molecule has 30 heavy (non-hydrogen) atoms. The lowest BCUT2D eigenvalue weighted by atomic mass is 10.3. The van der Waals surface area contributed by atoms with Crippen molar-refractivity contribution in [2.24, 2.45) is 4.99 Å². The van der Waals surface area contributed by atoms with Gasteiger partial charge in [-0.1, -0.05) is 6.07 Å². The van der Waals surface area contributed by atoms with Gasteiger partial charge in [0.1, 0.15) is 5.76 Å². The molecule has 3 aromatic heterocycles. The molecule has 0 fully saturated rings. The van der Waals surface area contributed by atoms with E-state index in [4.69, 9.17) is 4.42 Å². The van der Waals surface area contributed by atoms with Gasteiger partial charge in [-0.15, -0.1) is 46.7 Å². The van der Waals surface area contributed by atoms with E-state index in [9.17, 15) is 13.2 Å². The van der Waals surface area contributed by atoms with Crippen LogP contribution in [-0.2, 0) is 25.4 Å². The Labute approximate surface area is 197 Å². The molecule has 2 N–H and O–H groups in total. The van der Waals surface area contributed by atoms with Crippen molar-refractivity contribution in [3.8, 4) is 0 Å². The lowest BCUT2D eigenvalue weighted by Gasteiger charge is -2.12. The van der Waals surface area contributed by atoms with Gasteiger partial charge in [-0.25, -0.2) is 4.98 Å². The summed E-state index contributed by atoms with van der Waals surface area (Å²) < 4.78 is 43.3. The third kappa shape index (κ3) is 8.26. The van der Waals surface area contributed by atoms with Crippen molar-refractivity contribution in [1.29, 1.82) is 0 Å². The summed E-state index contributed by atoms with van der Waals surface area (Å²) in [6, 6.07) is 7.84. The third-order valence-corrected chi connectivity index (χ3v) is 5.77. The van der Waals surface area contributed by atoms with Crippen LogP contribution in [0.4, 0.5) is 13.2 Å². The summed E-state index contributed by atoms with van der Waals surface area (Å²) >= 11 is 2.71. The second-order valence-corrected chi connectivity index (χ2v) is 8.09. The lowest BCUT2D eigenvalue weighted by Crippen LogP contribution is -2.39. The Morgan fingerprint density at radius 2 is 1.87 bits per heavy atom. The highest BCUT2D eigenvalue weighted by Gasteiger charge is 2.33. The monoisotopic (exact) mass is 570 g/mol. The van der Waals surface area contributed by atoms with Crippen molar-refractivity contribution in [3.05, 3.63) is 62.6 Å². The zero-order valence-corrected chi connectivity index (χ0v) is 19.9. The van der Waals surface area contributed by atoms with Gasteiger partial charge in [0.2, 0.25) is 0 Å². The van der Waals surface area contributed by atoms with Crippen LogP contribution < -0.4 is 10.6 Å². The lowest BCUT2D eigenvalue weighted by molar-refractivity contribution is -0.140. The summed E-state index contributed by atoms with van der Waals surface area (Å²) in [7, 11) is 0. The maximum Gasteiger partial charge on any atom is 0.434 e. The highest BCUT2D eigenvalue weighted by atomic mass is 127. The molecule has 0 aromatic carbocycles. The number of furan rings is 1.